The number of benzene rings is 1. The monoisotopic (exact) mass is 354 g/mol. The number of carbonyl (C=O) groups excluding carboxylic acids is 1. The summed E-state index contributed by atoms with van der Waals surface area (Å²) in [7, 11) is -1.65. The minimum absolute atomic E-state index is 0.00394. The van der Waals surface area contributed by atoms with Crippen LogP contribution in [-0.4, -0.2) is 63.1 Å². The summed E-state index contributed by atoms with van der Waals surface area (Å²) in [4.78, 5) is 14.7. The van der Waals surface area contributed by atoms with Gasteiger partial charge in [0.05, 0.1) is 18.8 Å². The lowest BCUT2D eigenvalue weighted by molar-refractivity contribution is -0.138. The minimum Gasteiger partial charge on any atom is -0.383 e. The van der Waals surface area contributed by atoms with Crippen molar-refractivity contribution in [3.63, 3.8) is 0 Å². The maximum absolute atomic E-state index is 12.9. The topological polar surface area (TPSA) is 66.9 Å². The van der Waals surface area contributed by atoms with Crippen molar-refractivity contribution in [2.75, 3.05) is 39.6 Å². The summed E-state index contributed by atoms with van der Waals surface area (Å²) >= 11 is 0. The molecule has 0 aromatic heterocycles. The number of sulfonamides is 1. The molecule has 24 heavy (non-hydrogen) atoms. The molecular formula is C17H26N2O4S. The molecule has 0 N–H and O–H groups in total. The molecule has 0 radical (unpaired) electrons. The average Bonchev–Trinajstić information content (AvgIpc) is 2.58. The van der Waals surface area contributed by atoms with Gasteiger partial charge < -0.3 is 9.64 Å². The number of hydrogen-bond donors (Lipinski definition) is 0. The van der Waals surface area contributed by atoms with Crippen molar-refractivity contribution in [3.8, 4) is 0 Å². The predicted molar refractivity (Wildman–Crippen MR) is 92.9 cm³/mol. The van der Waals surface area contributed by atoms with Gasteiger partial charge in [0.1, 0.15) is 0 Å². The Morgan fingerprint density at radius 3 is 2.67 bits per heavy atom. The molecule has 1 unspecified atom stereocenters. The summed E-state index contributed by atoms with van der Waals surface area (Å²) in [6, 6.07) is 9.80. The van der Waals surface area contributed by atoms with Gasteiger partial charge in [0.15, 0.2) is 0 Å². The molecule has 1 saturated heterocycles. The van der Waals surface area contributed by atoms with Crippen LogP contribution in [0.2, 0.25) is 0 Å². The first-order valence-corrected chi connectivity index (χ1v) is 10.0. The van der Waals surface area contributed by atoms with Crippen molar-refractivity contribution in [3.05, 3.63) is 35.9 Å². The van der Waals surface area contributed by atoms with Crippen LogP contribution in [0.1, 0.15) is 18.4 Å². The Morgan fingerprint density at radius 1 is 1.33 bits per heavy atom. The summed E-state index contributed by atoms with van der Waals surface area (Å²) in [5.41, 5.74) is 1.05. The van der Waals surface area contributed by atoms with Gasteiger partial charge in [-0.2, -0.15) is 0 Å². The zero-order valence-electron chi connectivity index (χ0n) is 14.3. The summed E-state index contributed by atoms with van der Waals surface area (Å²) in [6.45, 7) is 2.24. The van der Waals surface area contributed by atoms with E-state index in [1.165, 1.54) is 10.6 Å². The first-order valence-electron chi connectivity index (χ1n) is 8.18. The molecule has 1 amide bonds. The van der Waals surface area contributed by atoms with E-state index in [1.807, 2.05) is 30.3 Å². The van der Waals surface area contributed by atoms with Gasteiger partial charge in [-0.1, -0.05) is 30.3 Å². The van der Waals surface area contributed by atoms with Crippen LogP contribution in [0.4, 0.5) is 0 Å². The highest BCUT2D eigenvalue weighted by molar-refractivity contribution is 7.88. The molecule has 134 valence electrons. The van der Waals surface area contributed by atoms with E-state index in [0.717, 1.165) is 12.0 Å². The third-order valence-electron chi connectivity index (χ3n) is 4.30. The standard InChI is InChI=1S/C17H26N2O4S/c1-23-12-11-18(13-15-7-4-3-5-8-15)17(20)16-9-6-10-19(14-16)24(2,21)22/h3-5,7-8,16H,6,9-14H2,1-2H3. The van der Waals surface area contributed by atoms with Crippen molar-refractivity contribution in [2.24, 2.45) is 5.92 Å². The third kappa shape index (κ3) is 5.29. The van der Waals surface area contributed by atoms with Crippen LogP contribution in [0.25, 0.3) is 0 Å². The van der Waals surface area contributed by atoms with Crippen LogP contribution in [0, 0.1) is 5.92 Å². The fourth-order valence-corrected chi connectivity index (χ4v) is 3.89. The van der Waals surface area contributed by atoms with Crippen molar-refractivity contribution >= 4 is 15.9 Å². The minimum atomic E-state index is -3.26. The lowest BCUT2D eigenvalue weighted by atomic mass is 9.97. The smallest absolute Gasteiger partial charge is 0.227 e. The van der Waals surface area contributed by atoms with Crippen LogP contribution in [-0.2, 0) is 26.1 Å². The molecule has 1 aromatic carbocycles. The molecule has 0 bridgehead atoms. The van der Waals surface area contributed by atoms with E-state index in [4.69, 9.17) is 4.74 Å². The Balaban J connectivity index is 2.08. The van der Waals surface area contributed by atoms with Crippen LogP contribution >= 0.6 is 0 Å². The number of methoxy groups -OCH3 is 1. The number of nitrogens with zero attached hydrogens (tertiary/aromatic N) is 2. The van der Waals surface area contributed by atoms with Gasteiger partial charge in [-0.15, -0.1) is 0 Å². The molecular weight excluding hydrogens is 328 g/mol. The molecule has 1 fully saturated rings. The van der Waals surface area contributed by atoms with Gasteiger partial charge in [-0.05, 0) is 18.4 Å². The molecule has 1 heterocycles. The zero-order valence-corrected chi connectivity index (χ0v) is 15.2. The van der Waals surface area contributed by atoms with E-state index in [9.17, 15) is 13.2 Å². The number of ether oxygens (including phenoxy) is 1. The Morgan fingerprint density at radius 2 is 2.04 bits per heavy atom. The molecule has 0 spiro atoms. The zero-order chi connectivity index (χ0) is 17.6. The first kappa shape index (κ1) is 18.9. The fourth-order valence-electron chi connectivity index (χ4n) is 2.98. The molecule has 2 rings (SSSR count). The number of hydrogen-bond acceptors (Lipinski definition) is 4. The molecule has 7 heteroatoms. The van der Waals surface area contributed by atoms with E-state index in [0.29, 0.717) is 32.7 Å². The number of rotatable bonds is 7. The normalized spacial score (nSPS) is 19.2. The van der Waals surface area contributed by atoms with Crippen LogP contribution < -0.4 is 0 Å². The van der Waals surface area contributed by atoms with E-state index in [2.05, 4.69) is 0 Å². The Kier molecular flexibility index (Phi) is 6.77. The summed E-state index contributed by atoms with van der Waals surface area (Å²) in [6.07, 6.45) is 2.64. The number of carbonyl (C=O) groups is 1. The van der Waals surface area contributed by atoms with Gasteiger partial charge in [0.2, 0.25) is 15.9 Å². The van der Waals surface area contributed by atoms with Crippen LogP contribution in [0.5, 0.6) is 0 Å². The SMILES string of the molecule is COCCN(Cc1ccccc1)C(=O)C1CCCN(S(C)(=O)=O)C1. The van der Waals surface area contributed by atoms with Gasteiger partial charge >= 0.3 is 0 Å². The van der Waals surface area contributed by atoms with Crippen molar-refractivity contribution < 1.29 is 17.9 Å². The van der Waals surface area contributed by atoms with Gasteiger partial charge in [0.25, 0.3) is 0 Å². The quantitative estimate of drug-likeness (QED) is 0.741. The largest absolute Gasteiger partial charge is 0.383 e. The van der Waals surface area contributed by atoms with E-state index < -0.39 is 10.0 Å². The fraction of sp³-hybridized carbons (Fsp3) is 0.588. The molecule has 1 aliphatic rings. The summed E-state index contributed by atoms with van der Waals surface area (Å²) < 4.78 is 30.1. The van der Waals surface area contributed by atoms with Crippen LogP contribution in [0.15, 0.2) is 30.3 Å². The highest BCUT2D eigenvalue weighted by atomic mass is 32.2. The highest BCUT2D eigenvalue weighted by Crippen LogP contribution is 2.21. The average molecular weight is 354 g/mol. The Bertz CT molecular complexity index is 633. The molecule has 1 aromatic rings. The Hall–Kier alpha value is -1.44. The summed E-state index contributed by atoms with van der Waals surface area (Å²) in [5.74, 6) is -0.279. The molecule has 1 atom stereocenters. The third-order valence-corrected chi connectivity index (χ3v) is 5.57. The Labute approximate surface area is 144 Å². The second kappa shape index (κ2) is 8.60. The number of amides is 1. The van der Waals surface area contributed by atoms with Crippen molar-refractivity contribution in [1.29, 1.82) is 0 Å². The van der Waals surface area contributed by atoms with E-state index >= 15 is 0 Å². The van der Waals surface area contributed by atoms with Crippen molar-refractivity contribution in [2.45, 2.75) is 19.4 Å². The number of piperidine rings is 1. The molecule has 6 nitrogen and oxygen atoms in total. The van der Waals surface area contributed by atoms with Gasteiger partial charge in [-0.3, -0.25) is 4.79 Å². The maximum Gasteiger partial charge on any atom is 0.227 e. The van der Waals surface area contributed by atoms with Crippen LogP contribution in [0.3, 0.4) is 0 Å². The first-order chi connectivity index (χ1) is 11.4. The second-order valence-electron chi connectivity index (χ2n) is 6.20. The van der Waals surface area contributed by atoms with Gasteiger partial charge in [0, 0.05) is 33.3 Å². The van der Waals surface area contributed by atoms with E-state index in [-0.39, 0.29) is 18.4 Å². The summed E-state index contributed by atoms with van der Waals surface area (Å²) in [5, 5.41) is 0. The molecule has 1 aliphatic heterocycles. The molecule has 0 saturated carbocycles. The lowest BCUT2D eigenvalue weighted by Crippen LogP contribution is -2.46. The highest BCUT2D eigenvalue weighted by Gasteiger charge is 2.32. The second-order valence-corrected chi connectivity index (χ2v) is 8.18. The maximum atomic E-state index is 12.9. The molecule has 0 aliphatic carbocycles. The van der Waals surface area contributed by atoms with E-state index in [1.54, 1.807) is 12.0 Å². The lowest BCUT2D eigenvalue weighted by Gasteiger charge is -2.33. The predicted octanol–water partition coefficient (Wildman–Crippen LogP) is 1.33. The van der Waals surface area contributed by atoms with Crippen molar-refractivity contribution in [1.82, 2.24) is 9.21 Å². The van der Waals surface area contributed by atoms with Gasteiger partial charge in [-0.25, -0.2) is 12.7 Å².